The standard InChI is InChI=1S/C28H18N2O5/c31-21-15-14-20(30-28(35)17-10-5-2-6-11-17)23-24(21)26(33)22-18(25(23)32)12-7-13-19(22)29-27(34)16-8-3-1-4-9-16/h1-15,31H,(H,29,34)(H,30,35). The average molecular weight is 462 g/mol. The Morgan fingerprint density at radius 2 is 1.09 bits per heavy atom. The summed E-state index contributed by atoms with van der Waals surface area (Å²) in [6.45, 7) is 0. The van der Waals surface area contributed by atoms with E-state index in [0.717, 1.165) is 0 Å². The third-order valence-electron chi connectivity index (χ3n) is 5.74. The second kappa shape index (κ2) is 8.72. The van der Waals surface area contributed by atoms with E-state index >= 15 is 0 Å². The van der Waals surface area contributed by atoms with Crippen molar-refractivity contribution in [3.05, 3.63) is 124 Å². The van der Waals surface area contributed by atoms with Crippen molar-refractivity contribution < 1.29 is 24.3 Å². The summed E-state index contributed by atoms with van der Waals surface area (Å²) in [4.78, 5) is 52.5. The third kappa shape index (κ3) is 3.85. The highest BCUT2D eigenvalue weighted by Gasteiger charge is 2.36. The predicted octanol–water partition coefficient (Wildman–Crippen LogP) is 4.67. The van der Waals surface area contributed by atoms with E-state index in [9.17, 15) is 24.3 Å². The Bertz CT molecular complexity index is 1510. The summed E-state index contributed by atoms with van der Waals surface area (Å²) in [5, 5.41) is 15.9. The first-order valence-corrected chi connectivity index (χ1v) is 10.8. The van der Waals surface area contributed by atoms with E-state index < -0.39 is 29.1 Å². The lowest BCUT2D eigenvalue weighted by Crippen LogP contribution is -2.26. The normalized spacial score (nSPS) is 11.9. The van der Waals surface area contributed by atoms with Crippen LogP contribution in [-0.2, 0) is 0 Å². The molecule has 0 unspecified atom stereocenters. The molecule has 4 aromatic rings. The number of benzene rings is 4. The lowest BCUT2D eigenvalue weighted by molar-refractivity contribution is 0.0975. The number of hydrogen-bond acceptors (Lipinski definition) is 5. The van der Waals surface area contributed by atoms with Crippen molar-refractivity contribution in [2.24, 2.45) is 0 Å². The SMILES string of the molecule is O=C(Nc1cccc2c1C(=O)c1c(O)ccc(NC(=O)c3ccccc3)c1C2=O)c1ccccc1. The molecule has 2 amide bonds. The lowest BCUT2D eigenvalue weighted by atomic mass is 9.81. The second-order valence-corrected chi connectivity index (χ2v) is 7.91. The van der Waals surface area contributed by atoms with Crippen LogP contribution in [0.15, 0.2) is 91.0 Å². The number of hydrogen-bond donors (Lipinski definition) is 3. The van der Waals surface area contributed by atoms with Gasteiger partial charge in [0.2, 0.25) is 0 Å². The number of aromatic hydroxyl groups is 1. The van der Waals surface area contributed by atoms with E-state index in [-0.39, 0.29) is 33.6 Å². The molecule has 0 heterocycles. The summed E-state index contributed by atoms with van der Waals surface area (Å²) in [5.41, 5.74) is 0.732. The first kappa shape index (κ1) is 21.8. The van der Waals surface area contributed by atoms with E-state index in [4.69, 9.17) is 0 Å². The van der Waals surface area contributed by atoms with E-state index in [1.165, 1.54) is 24.3 Å². The van der Waals surface area contributed by atoms with Crippen LogP contribution in [0.1, 0.15) is 52.6 Å². The highest BCUT2D eigenvalue weighted by Crippen LogP contribution is 2.39. The van der Waals surface area contributed by atoms with Gasteiger partial charge in [-0.05, 0) is 42.5 Å². The minimum absolute atomic E-state index is 0.0175. The van der Waals surface area contributed by atoms with Gasteiger partial charge in [-0.2, -0.15) is 0 Å². The number of nitrogens with one attached hydrogen (secondary N) is 2. The zero-order chi connectivity index (χ0) is 24.5. The molecule has 170 valence electrons. The van der Waals surface area contributed by atoms with E-state index in [1.807, 2.05) is 0 Å². The van der Waals surface area contributed by atoms with Crippen LogP contribution < -0.4 is 10.6 Å². The highest BCUT2D eigenvalue weighted by molar-refractivity contribution is 6.33. The number of amides is 2. The number of anilines is 2. The van der Waals surface area contributed by atoms with Crippen molar-refractivity contribution in [1.82, 2.24) is 0 Å². The predicted molar refractivity (Wildman–Crippen MR) is 130 cm³/mol. The molecular formula is C28H18N2O5. The lowest BCUT2D eigenvalue weighted by Gasteiger charge is -2.23. The van der Waals surface area contributed by atoms with E-state index in [1.54, 1.807) is 66.7 Å². The van der Waals surface area contributed by atoms with Crippen LogP contribution in [0.4, 0.5) is 11.4 Å². The maximum absolute atomic E-state index is 13.5. The fraction of sp³-hybridized carbons (Fsp3) is 0. The van der Waals surface area contributed by atoms with Gasteiger partial charge in [0.15, 0.2) is 11.6 Å². The molecule has 35 heavy (non-hydrogen) atoms. The summed E-state index contributed by atoms with van der Waals surface area (Å²) in [6, 6.07) is 24.1. The topological polar surface area (TPSA) is 113 Å². The second-order valence-electron chi connectivity index (χ2n) is 7.91. The summed E-state index contributed by atoms with van der Waals surface area (Å²) in [6.07, 6.45) is 0. The zero-order valence-corrected chi connectivity index (χ0v) is 18.2. The summed E-state index contributed by atoms with van der Waals surface area (Å²) < 4.78 is 0. The molecule has 0 spiro atoms. The van der Waals surface area contributed by atoms with Crippen LogP contribution in [0.2, 0.25) is 0 Å². The molecule has 1 aliphatic rings. The van der Waals surface area contributed by atoms with Gasteiger partial charge >= 0.3 is 0 Å². The van der Waals surface area contributed by atoms with Gasteiger partial charge in [0.1, 0.15) is 5.75 Å². The number of fused-ring (bicyclic) bond motifs is 2. The highest BCUT2D eigenvalue weighted by atomic mass is 16.3. The van der Waals surface area contributed by atoms with Gasteiger partial charge in [0.05, 0.1) is 28.1 Å². The molecular weight excluding hydrogens is 444 g/mol. The van der Waals surface area contributed by atoms with Crippen LogP contribution in [0.5, 0.6) is 5.75 Å². The number of phenolic OH excluding ortho intramolecular Hbond substituents is 1. The average Bonchev–Trinajstić information content (AvgIpc) is 2.89. The molecule has 0 atom stereocenters. The van der Waals surface area contributed by atoms with Gasteiger partial charge in [0, 0.05) is 16.7 Å². The Balaban J connectivity index is 1.56. The van der Waals surface area contributed by atoms with Crippen LogP contribution in [0.25, 0.3) is 0 Å². The Morgan fingerprint density at radius 1 is 0.543 bits per heavy atom. The Morgan fingerprint density at radius 3 is 1.66 bits per heavy atom. The van der Waals surface area contributed by atoms with Gasteiger partial charge in [-0.25, -0.2) is 0 Å². The molecule has 7 nitrogen and oxygen atoms in total. The maximum Gasteiger partial charge on any atom is 0.255 e. The Kier molecular flexibility index (Phi) is 5.43. The van der Waals surface area contributed by atoms with Gasteiger partial charge in [-0.3, -0.25) is 19.2 Å². The quantitative estimate of drug-likeness (QED) is 0.336. The first-order valence-electron chi connectivity index (χ1n) is 10.8. The number of rotatable bonds is 4. The minimum Gasteiger partial charge on any atom is -0.507 e. The number of ketones is 2. The van der Waals surface area contributed by atoms with Gasteiger partial charge in [0.25, 0.3) is 11.8 Å². The molecule has 0 aliphatic heterocycles. The molecule has 0 saturated carbocycles. The van der Waals surface area contributed by atoms with Gasteiger partial charge in [-0.15, -0.1) is 0 Å². The van der Waals surface area contributed by atoms with Crippen molar-refractivity contribution >= 4 is 34.8 Å². The van der Waals surface area contributed by atoms with E-state index in [0.29, 0.717) is 11.1 Å². The number of phenols is 1. The number of carbonyl (C=O) groups excluding carboxylic acids is 4. The van der Waals surface area contributed by atoms with Gasteiger partial charge in [-0.1, -0.05) is 48.5 Å². The molecule has 0 aromatic heterocycles. The molecule has 5 rings (SSSR count). The monoisotopic (exact) mass is 462 g/mol. The maximum atomic E-state index is 13.5. The van der Waals surface area contributed by atoms with Crippen LogP contribution in [0, 0.1) is 0 Å². The molecule has 0 fully saturated rings. The summed E-state index contributed by atoms with van der Waals surface area (Å²) >= 11 is 0. The van der Waals surface area contributed by atoms with Crippen LogP contribution in [0.3, 0.4) is 0 Å². The third-order valence-corrected chi connectivity index (χ3v) is 5.74. The smallest absolute Gasteiger partial charge is 0.255 e. The Labute approximate surface area is 200 Å². The molecule has 1 aliphatic carbocycles. The molecule has 0 radical (unpaired) electrons. The minimum atomic E-state index is -0.633. The van der Waals surface area contributed by atoms with Crippen molar-refractivity contribution in [3.63, 3.8) is 0 Å². The molecule has 7 heteroatoms. The molecule has 4 aromatic carbocycles. The summed E-state index contributed by atoms with van der Waals surface area (Å²) in [5.74, 6) is -2.49. The van der Waals surface area contributed by atoms with Crippen molar-refractivity contribution in [1.29, 1.82) is 0 Å². The first-order chi connectivity index (χ1) is 17.0. The zero-order valence-electron chi connectivity index (χ0n) is 18.2. The Hall–Kier alpha value is -5.04. The number of carbonyl (C=O) groups is 4. The van der Waals surface area contributed by atoms with Crippen LogP contribution >= 0.6 is 0 Å². The van der Waals surface area contributed by atoms with Crippen molar-refractivity contribution in [3.8, 4) is 5.75 Å². The van der Waals surface area contributed by atoms with E-state index in [2.05, 4.69) is 10.6 Å². The van der Waals surface area contributed by atoms with Gasteiger partial charge < -0.3 is 15.7 Å². The molecule has 0 bridgehead atoms. The van der Waals surface area contributed by atoms with Crippen molar-refractivity contribution in [2.45, 2.75) is 0 Å². The largest absolute Gasteiger partial charge is 0.507 e. The summed E-state index contributed by atoms with van der Waals surface area (Å²) in [7, 11) is 0. The fourth-order valence-electron chi connectivity index (χ4n) is 4.08. The van der Waals surface area contributed by atoms with Crippen LogP contribution in [-0.4, -0.2) is 28.5 Å². The van der Waals surface area contributed by atoms with Crippen molar-refractivity contribution in [2.75, 3.05) is 10.6 Å². The molecule has 0 saturated heterocycles. The molecule has 3 N–H and O–H groups in total. The fourth-order valence-corrected chi connectivity index (χ4v) is 4.08.